The number of hydrogen-bond acceptors (Lipinski definition) is 7. The van der Waals surface area contributed by atoms with Gasteiger partial charge < -0.3 is 14.7 Å². The van der Waals surface area contributed by atoms with E-state index >= 15 is 0 Å². The number of nitro groups is 1. The number of benzene rings is 1. The van der Waals surface area contributed by atoms with Crippen LogP contribution in [-0.4, -0.2) is 65.0 Å². The number of piperazine rings is 1. The first-order valence-electron chi connectivity index (χ1n) is 10.4. The number of amides is 1. The number of nitro benzene ring substituents is 1. The predicted octanol–water partition coefficient (Wildman–Crippen LogP) is 2.58. The van der Waals surface area contributed by atoms with Crippen LogP contribution in [-0.2, 0) is 0 Å². The number of carbonyl (C=O) groups is 1. The molecule has 2 aromatic rings. The monoisotopic (exact) mass is 410 g/mol. The third kappa shape index (κ3) is 4.19. The van der Waals surface area contributed by atoms with Gasteiger partial charge in [0.2, 0.25) is 5.95 Å². The fraction of sp³-hybridized carbons (Fsp3) is 0.476. The number of piperidine rings is 1. The van der Waals surface area contributed by atoms with E-state index in [4.69, 9.17) is 0 Å². The van der Waals surface area contributed by atoms with Crippen LogP contribution in [0.4, 0.5) is 17.3 Å². The molecule has 2 aliphatic heterocycles. The van der Waals surface area contributed by atoms with Crippen molar-refractivity contribution in [2.24, 2.45) is 5.92 Å². The molecule has 158 valence electrons. The van der Waals surface area contributed by atoms with Crippen LogP contribution < -0.4 is 9.80 Å². The van der Waals surface area contributed by atoms with Gasteiger partial charge in [-0.2, -0.15) is 0 Å². The van der Waals surface area contributed by atoms with E-state index in [9.17, 15) is 14.9 Å². The first-order valence-corrected chi connectivity index (χ1v) is 10.4. The zero-order valence-corrected chi connectivity index (χ0v) is 17.1. The highest BCUT2D eigenvalue weighted by molar-refractivity contribution is 6.00. The Morgan fingerprint density at radius 2 is 1.70 bits per heavy atom. The SMILES string of the molecule is CC1CCN(c2ccc([N+](=O)[O-])cc2C(=O)N2CCN(c3ncccn3)CC2)CC1. The van der Waals surface area contributed by atoms with Crippen molar-refractivity contribution in [2.45, 2.75) is 19.8 Å². The molecular weight excluding hydrogens is 384 g/mol. The standard InChI is InChI=1S/C21H26N6O3/c1-16-5-9-24(10-6-16)19-4-3-17(27(29)30)15-18(19)20(28)25-11-13-26(14-12-25)21-22-7-2-8-23-21/h2-4,7-8,15-16H,5-6,9-14H2,1H3. The summed E-state index contributed by atoms with van der Waals surface area (Å²) in [5.74, 6) is 1.16. The Hall–Kier alpha value is -3.23. The fourth-order valence-electron chi connectivity index (χ4n) is 4.07. The molecule has 0 N–H and O–H groups in total. The molecule has 1 amide bonds. The van der Waals surface area contributed by atoms with Crippen LogP contribution in [0.2, 0.25) is 0 Å². The van der Waals surface area contributed by atoms with Crippen LogP contribution in [0.15, 0.2) is 36.7 Å². The van der Waals surface area contributed by atoms with Gasteiger partial charge in [-0.05, 0) is 30.9 Å². The molecule has 0 atom stereocenters. The van der Waals surface area contributed by atoms with Crippen molar-refractivity contribution in [3.63, 3.8) is 0 Å². The van der Waals surface area contributed by atoms with Crippen molar-refractivity contribution >= 4 is 23.2 Å². The first-order chi connectivity index (χ1) is 14.5. The zero-order valence-electron chi connectivity index (χ0n) is 17.1. The van der Waals surface area contributed by atoms with Crippen molar-refractivity contribution in [3.05, 3.63) is 52.3 Å². The summed E-state index contributed by atoms with van der Waals surface area (Å²) < 4.78 is 0. The lowest BCUT2D eigenvalue weighted by Gasteiger charge is -2.36. The Balaban J connectivity index is 1.54. The van der Waals surface area contributed by atoms with E-state index < -0.39 is 4.92 Å². The molecule has 3 heterocycles. The second-order valence-corrected chi connectivity index (χ2v) is 7.96. The summed E-state index contributed by atoms with van der Waals surface area (Å²) >= 11 is 0. The Bertz CT molecular complexity index is 906. The molecule has 30 heavy (non-hydrogen) atoms. The molecule has 0 aliphatic carbocycles. The second-order valence-electron chi connectivity index (χ2n) is 7.96. The second kappa shape index (κ2) is 8.64. The smallest absolute Gasteiger partial charge is 0.270 e. The highest BCUT2D eigenvalue weighted by Gasteiger charge is 2.28. The van der Waals surface area contributed by atoms with Gasteiger partial charge in [-0.1, -0.05) is 6.92 Å². The molecular formula is C21H26N6O3. The maximum Gasteiger partial charge on any atom is 0.270 e. The number of non-ortho nitro benzene ring substituents is 1. The molecule has 2 fully saturated rings. The van der Waals surface area contributed by atoms with Gasteiger partial charge in [0.15, 0.2) is 0 Å². The van der Waals surface area contributed by atoms with E-state index in [1.165, 1.54) is 12.1 Å². The van der Waals surface area contributed by atoms with Gasteiger partial charge in [-0.3, -0.25) is 14.9 Å². The summed E-state index contributed by atoms with van der Waals surface area (Å²) in [5.41, 5.74) is 1.17. The average Bonchev–Trinajstić information content (AvgIpc) is 2.79. The van der Waals surface area contributed by atoms with Crippen molar-refractivity contribution < 1.29 is 9.72 Å². The summed E-state index contributed by atoms with van der Waals surface area (Å²) in [7, 11) is 0. The Kier molecular flexibility index (Phi) is 5.78. The molecule has 0 unspecified atom stereocenters. The van der Waals surface area contributed by atoms with Crippen molar-refractivity contribution in [1.29, 1.82) is 0 Å². The van der Waals surface area contributed by atoms with E-state index in [1.807, 2.05) is 4.90 Å². The minimum Gasteiger partial charge on any atom is -0.371 e. The molecule has 2 saturated heterocycles. The van der Waals surface area contributed by atoms with Gasteiger partial charge >= 0.3 is 0 Å². The summed E-state index contributed by atoms with van der Waals surface area (Å²) in [4.78, 5) is 38.8. The highest BCUT2D eigenvalue weighted by Crippen LogP contribution is 2.30. The fourth-order valence-corrected chi connectivity index (χ4v) is 4.07. The molecule has 2 aliphatic rings. The number of carbonyl (C=O) groups excluding carboxylic acids is 1. The molecule has 9 nitrogen and oxygen atoms in total. The largest absolute Gasteiger partial charge is 0.371 e. The van der Waals surface area contributed by atoms with Crippen LogP contribution in [0.3, 0.4) is 0 Å². The van der Waals surface area contributed by atoms with Gasteiger partial charge in [0.05, 0.1) is 16.2 Å². The van der Waals surface area contributed by atoms with Gasteiger partial charge in [-0.15, -0.1) is 0 Å². The first kappa shape index (κ1) is 20.1. The number of rotatable bonds is 4. The molecule has 0 bridgehead atoms. The van der Waals surface area contributed by atoms with Crippen LogP contribution >= 0.6 is 0 Å². The third-order valence-corrected chi connectivity index (χ3v) is 5.95. The van der Waals surface area contributed by atoms with Crippen molar-refractivity contribution in [1.82, 2.24) is 14.9 Å². The van der Waals surface area contributed by atoms with Crippen LogP contribution in [0.5, 0.6) is 0 Å². The van der Waals surface area contributed by atoms with Gasteiger partial charge in [-0.25, -0.2) is 9.97 Å². The normalized spacial score (nSPS) is 17.8. The molecule has 1 aromatic carbocycles. The summed E-state index contributed by atoms with van der Waals surface area (Å²) in [6.45, 7) is 6.25. The van der Waals surface area contributed by atoms with Gasteiger partial charge in [0, 0.05) is 63.8 Å². The number of anilines is 2. The molecule has 0 saturated carbocycles. The van der Waals surface area contributed by atoms with Crippen molar-refractivity contribution in [3.8, 4) is 0 Å². The molecule has 4 rings (SSSR count). The van der Waals surface area contributed by atoms with E-state index in [0.29, 0.717) is 43.6 Å². The molecule has 0 radical (unpaired) electrons. The maximum absolute atomic E-state index is 13.4. The lowest BCUT2D eigenvalue weighted by Crippen LogP contribution is -2.49. The Labute approximate surface area is 175 Å². The summed E-state index contributed by atoms with van der Waals surface area (Å²) in [5, 5.41) is 11.3. The molecule has 9 heteroatoms. The summed E-state index contributed by atoms with van der Waals surface area (Å²) in [6, 6.07) is 6.43. The Morgan fingerprint density at radius 1 is 1.03 bits per heavy atom. The minimum absolute atomic E-state index is 0.0520. The number of nitrogens with zero attached hydrogens (tertiary/aromatic N) is 6. The number of hydrogen-bond donors (Lipinski definition) is 0. The summed E-state index contributed by atoms with van der Waals surface area (Å²) in [6.07, 6.45) is 5.52. The third-order valence-electron chi connectivity index (χ3n) is 5.95. The van der Waals surface area contributed by atoms with Gasteiger partial charge in [0.25, 0.3) is 11.6 Å². The predicted molar refractivity (Wildman–Crippen MR) is 114 cm³/mol. The maximum atomic E-state index is 13.4. The lowest BCUT2D eigenvalue weighted by atomic mass is 9.97. The topological polar surface area (TPSA) is 95.7 Å². The van der Waals surface area contributed by atoms with E-state index in [-0.39, 0.29) is 11.6 Å². The van der Waals surface area contributed by atoms with E-state index in [0.717, 1.165) is 31.6 Å². The highest BCUT2D eigenvalue weighted by atomic mass is 16.6. The van der Waals surface area contributed by atoms with Crippen molar-refractivity contribution in [2.75, 3.05) is 49.1 Å². The Morgan fingerprint density at radius 3 is 2.33 bits per heavy atom. The average molecular weight is 410 g/mol. The van der Waals surface area contributed by atoms with Crippen LogP contribution in [0, 0.1) is 16.0 Å². The quantitative estimate of drug-likeness (QED) is 0.565. The number of aromatic nitrogens is 2. The molecule has 0 spiro atoms. The van der Waals surface area contributed by atoms with E-state index in [1.54, 1.807) is 29.4 Å². The minimum atomic E-state index is -0.441. The van der Waals surface area contributed by atoms with Crippen LogP contribution in [0.1, 0.15) is 30.1 Å². The van der Waals surface area contributed by atoms with Gasteiger partial charge in [0.1, 0.15) is 0 Å². The van der Waals surface area contributed by atoms with Crippen LogP contribution in [0.25, 0.3) is 0 Å². The molecule has 1 aromatic heterocycles. The zero-order chi connectivity index (χ0) is 21.1. The van der Waals surface area contributed by atoms with E-state index in [2.05, 4.69) is 21.8 Å². The lowest BCUT2D eigenvalue weighted by molar-refractivity contribution is -0.384.